The van der Waals surface area contributed by atoms with Crippen molar-refractivity contribution in [3.63, 3.8) is 0 Å². The summed E-state index contributed by atoms with van der Waals surface area (Å²) in [4.78, 5) is 12.4. The first-order valence-corrected chi connectivity index (χ1v) is 15.8. The normalized spacial score (nSPS) is 38.6. The largest absolute Gasteiger partial charge is 0.462 e. The van der Waals surface area contributed by atoms with Crippen LogP contribution < -0.4 is 5.73 Å². The molecule has 9 atom stereocenters. The highest BCUT2D eigenvalue weighted by Gasteiger charge is 2.60. The maximum atomic E-state index is 12.4. The van der Waals surface area contributed by atoms with Gasteiger partial charge < -0.3 is 10.5 Å². The van der Waals surface area contributed by atoms with E-state index in [1.165, 1.54) is 77.0 Å². The second-order valence-corrected chi connectivity index (χ2v) is 14.3. The van der Waals surface area contributed by atoms with Gasteiger partial charge in [0.25, 0.3) is 0 Å². The number of hydrogen-bond donors (Lipinski definition) is 1. The van der Waals surface area contributed by atoms with Gasteiger partial charge in [0, 0.05) is 5.69 Å². The van der Waals surface area contributed by atoms with E-state index in [2.05, 4.69) is 27.7 Å². The van der Waals surface area contributed by atoms with Gasteiger partial charge in [0.2, 0.25) is 0 Å². The third-order valence-corrected chi connectivity index (χ3v) is 12.4. The molecule has 4 aliphatic carbocycles. The lowest BCUT2D eigenvalue weighted by atomic mass is 9.44. The number of nitrogens with two attached hydrogens (primary N) is 1. The first-order valence-electron chi connectivity index (χ1n) is 15.8. The average Bonchev–Trinajstić information content (AvgIpc) is 3.24. The Morgan fingerprint density at radius 1 is 0.946 bits per heavy atom. The van der Waals surface area contributed by atoms with Gasteiger partial charge in [0.1, 0.15) is 0 Å². The van der Waals surface area contributed by atoms with E-state index in [1.807, 2.05) is 12.1 Å². The summed E-state index contributed by atoms with van der Waals surface area (Å²) in [6.07, 6.45) is 18.6. The monoisotopic (exact) mass is 507 g/mol. The van der Waals surface area contributed by atoms with Crippen LogP contribution in [0.1, 0.15) is 122 Å². The Hall–Kier alpha value is -1.51. The number of ether oxygens (including phenoxy) is 1. The number of hydrogen-bond acceptors (Lipinski definition) is 3. The van der Waals surface area contributed by atoms with Crippen LogP contribution in [0, 0.1) is 52.3 Å². The molecule has 0 radical (unpaired) electrons. The summed E-state index contributed by atoms with van der Waals surface area (Å²) in [7, 11) is 0. The Balaban J connectivity index is 1.11. The van der Waals surface area contributed by atoms with Crippen LogP contribution in [-0.4, -0.2) is 12.6 Å². The third kappa shape index (κ3) is 5.10. The Labute approximate surface area is 226 Å². The second kappa shape index (κ2) is 10.9. The van der Waals surface area contributed by atoms with E-state index < -0.39 is 0 Å². The molecule has 0 spiro atoms. The molecular formula is C34H53NO2. The molecule has 0 aliphatic heterocycles. The van der Waals surface area contributed by atoms with Gasteiger partial charge in [-0.25, -0.2) is 4.79 Å². The lowest BCUT2D eigenvalue weighted by Crippen LogP contribution is -2.53. The van der Waals surface area contributed by atoms with Crippen molar-refractivity contribution in [1.29, 1.82) is 0 Å². The minimum absolute atomic E-state index is 0.296. The maximum absolute atomic E-state index is 12.4. The number of anilines is 1. The van der Waals surface area contributed by atoms with Crippen LogP contribution in [-0.2, 0) is 4.74 Å². The van der Waals surface area contributed by atoms with Gasteiger partial charge >= 0.3 is 5.97 Å². The summed E-state index contributed by atoms with van der Waals surface area (Å²) in [5.74, 6) is 5.79. The van der Waals surface area contributed by atoms with Crippen molar-refractivity contribution in [1.82, 2.24) is 0 Å². The molecule has 4 fully saturated rings. The number of para-hydroxylation sites is 1. The van der Waals surface area contributed by atoms with Crippen molar-refractivity contribution >= 4 is 11.7 Å². The van der Waals surface area contributed by atoms with E-state index in [0.29, 0.717) is 34.6 Å². The third-order valence-electron chi connectivity index (χ3n) is 12.4. The van der Waals surface area contributed by atoms with E-state index in [0.717, 1.165) is 41.9 Å². The fraction of sp³-hybridized carbons (Fsp3) is 0.794. The standard InChI is InChI=1S/C34H53NO2/c1-23(22-37-32(36)27-13-5-6-14-31(27)35)10-9-11-24(2)28-17-18-29-26-16-15-25-12-7-8-20-33(25,3)30(26)19-21-34(28,29)4/h5-6,13-14,23-26,28-30H,7-12,15-22,35H2,1-4H3/t23?,24-,25?,26+,28-,29+,30+,33+,34-/m1/s1. The Bertz CT molecular complexity index is 943. The Morgan fingerprint density at radius 2 is 1.73 bits per heavy atom. The SMILES string of the molecule is CC(CCC[C@@H](C)[C@H]1CC[C@H]2[C@@H]3CCC4CCCC[C@]4(C)[C@H]3CC[C@]12C)COC(=O)c1ccccc1N. The van der Waals surface area contributed by atoms with Gasteiger partial charge in [0.15, 0.2) is 0 Å². The molecule has 4 saturated carbocycles. The molecular weight excluding hydrogens is 454 g/mol. The van der Waals surface area contributed by atoms with Crippen LogP contribution in [0.2, 0.25) is 0 Å². The van der Waals surface area contributed by atoms with Gasteiger partial charge in [-0.2, -0.15) is 0 Å². The molecule has 1 aromatic rings. The smallest absolute Gasteiger partial charge is 0.340 e. The molecule has 206 valence electrons. The lowest BCUT2D eigenvalue weighted by molar-refractivity contribution is -0.114. The fourth-order valence-corrected chi connectivity index (χ4v) is 10.3. The number of carbonyl (C=O) groups is 1. The number of nitrogen functional groups attached to an aromatic ring is 1. The number of benzene rings is 1. The summed E-state index contributed by atoms with van der Waals surface area (Å²) in [5.41, 5.74) is 8.12. The van der Waals surface area contributed by atoms with Crippen LogP contribution in [0.4, 0.5) is 5.69 Å². The zero-order chi connectivity index (χ0) is 26.2. The maximum Gasteiger partial charge on any atom is 0.340 e. The molecule has 0 aromatic heterocycles. The van der Waals surface area contributed by atoms with Crippen LogP contribution in [0.3, 0.4) is 0 Å². The average molecular weight is 508 g/mol. The zero-order valence-corrected chi connectivity index (χ0v) is 24.1. The number of fused-ring (bicyclic) bond motifs is 5. The molecule has 3 nitrogen and oxygen atoms in total. The van der Waals surface area contributed by atoms with Gasteiger partial charge in [-0.1, -0.05) is 65.5 Å². The van der Waals surface area contributed by atoms with Crippen molar-refractivity contribution < 1.29 is 9.53 Å². The van der Waals surface area contributed by atoms with Crippen molar-refractivity contribution in [2.24, 2.45) is 52.3 Å². The summed E-state index contributed by atoms with van der Waals surface area (Å²) < 4.78 is 5.59. The highest BCUT2D eigenvalue weighted by molar-refractivity contribution is 5.94. The number of carbonyl (C=O) groups excluding carboxylic acids is 1. The first-order chi connectivity index (χ1) is 17.7. The van der Waals surface area contributed by atoms with Crippen molar-refractivity contribution in [3.8, 4) is 0 Å². The second-order valence-electron chi connectivity index (χ2n) is 14.3. The molecule has 0 saturated heterocycles. The van der Waals surface area contributed by atoms with E-state index >= 15 is 0 Å². The van der Waals surface area contributed by atoms with Crippen LogP contribution >= 0.6 is 0 Å². The molecule has 0 amide bonds. The highest BCUT2D eigenvalue weighted by Crippen LogP contribution is 2.68. The summed E-state index contributed by atoms with van der Waals surface area (Å²) >= 11 is 0. The fourth-order valence-electron chi connectivity index (χ4n) is 10.3. The predicted molar refractivity (Wildman–Crippen MR) is 153 cm³/mol. The minimum Gasteiger partial charge on any atom is -0.462 e. The number of esters is 1. The minimum atomic E-state index is -0.296. The quantitative estimate of drug-likeness (QED) is 0.282. The molecule has 0 bridgehead atoms. The van der Waals surface area contributed by atoms with Crippen LogP contribution in [0.15, 0.2) is 24.3 Å². The molecule has 1 aromatic carbocycles. The molecule has 2 N–H and O–H groups in total. The summed E-state index contributed by atoms with van der Waals surface area (Å²) in [6, 6.07) is 7.17. The Kier molecular flexibility index (Phi) is 8.00. The van der Waals surface area contributed by atoms with E-state index in [-0.39, 0.29) is 5.97 Å². The first kappa shape index (κ1) is 27.1. The van der Waals surface area contributed by atoms with Crippen molar-refractivity contribution in [2.45, 2.75) is 111 Å². The van der Waals surface area contributed by atoms with Gasteiger partial charge in [-0.15, -0.1) is 0 Å². The van der Waals surface area contributed by atoms with Crippen molar-refractivity contribution in [2.75, 3.05) is 12.3 Å². The van der Waals surface area contributed by atoms with E-state index in [1.54, 1.807) is 12.1 Å². The van der Waals surface area contributed by atoms with Gasteiger partial charge in [-0.05, 0) is 122 Å². The summed E-state index contributed by atoms with van der Waals surface area (Å²) in [6.45, 7) is 10.6. The molecule has 2 unspecified atom stereocenters. The van der Waals surface area contributed by atoms with Crippen molar-refractivity contribution in [3.05, 3.63) is 29.8 Å². The molecule has 5 rings (SSSR count). The van der Waals surface area contributed by atoms with E-state index in [4.69, 9.17) is 10.5 Å². The lowest BCUT2D eigenvalue weighted by Gasteiger charge is -2.61. The zero-order valence-electron chi connectivity index (χ0n) is 24.1. The highest BCUT2D eigenvalue weighted by atomic mass is 16.5. The van der Waals surface area contributed by atoms with Crippen LogP contribution in [0.25, 0.3) is 0 Å². The van der Waals surface area contributed by atoms with Gasteiger partial charge in [-0.3, -0.25) is 0 Å². The molecule has 3 heteroatoms. The molecule has 4 aliphatic rings. The Morgan fingerprint density at radius 3 is 2.54 bits per heavy atom. The van der Waals surface area contributed by atoms with Crippen LogP contribution in [0.5, 0.6) is 0 Å². The molecule has 37 heavy (non-hydrogen) atoms. The van der Waals surface area contributed by atoms with E-state index in [9.17, 15) is 4.79 Å². The molecule has 0 heterocycles. The van der Waals surface area contributed by atoms with Gasteiger partial charge in [0.05, 0.1) is 12.2 Å². The number of rotatable bonds is 8. The topological polar surface area (TPSA) is 52.3 Å². The summed E-state index contributed by atoms with van der Waals surface area (Å²) in [5, 5.41) is 0. The predicted octanol–water partition coefficient (Wildman–Crippen LogP) is 8.92.